The maximum Gasteiger partial charge on any atom is 0.358 e. The first kappa shape index (κ1) is 13.6. The Morgan fingerprint density at radius 3 is 2.60 bits per heavy atom. The molecule has 0 spiro atoms. The summed E-state index contributed by atoms with van der Waals surface area (Å²) in [5, 5.41) is 27.1. The molecule has 1 N–H and O–H groups in total. The highest BCUT2D eigenvalue weighted by atomic mass is 16.6. The van der Waals surface area contributed by atoms with E-state index >= 15 is 0 Å². The first-order chi connectivity index (χ1) is 9.58. The maximum atomic E-state index is 11.7. The maximum absolute atomic E-state index is 11.7. The number of hydrogen-bond donors (Lipinski definition) is 1. The lowest BCUT2D eigenvalue weighted by molar-refractivity contribution is -0.384. The lowest BCUT2D eigenvalue weighted by atomic mass is 10.2. The van der Waals surface area contributed by atoms with Crippen LogP contribution in [0.25, 0.3) is 5.69 Å². The van der Waals surface area contributed by atoms with Crippen LogP contribution in [0.1, 0.15) is 16.2 Å². The van der Waals surface area contributed by atoms with Crippen molar-refractivity contribution >= 4 is 11.7 Å². The van der Waals surface area contributed by atoms with Crippen molar-refractivity contribution < 1.29 is 19.6 Å². The molecule has 2 rings (SSSR count). The molecule has 0 unspecified atom stereocenters. The van der Waals surface area contributed by atoms with Crippen LogP contribution in [-0.4, -0.2) is 38.1 Å². The lowest BCUT2D eigenvalue weighted by Crippen LogP contribution is -2.12. The number of rotatable bonds is 4. The van der Waals surface area contributed by atoms with E-state index in [1.54, 1.807) is 0 Å². The van der Waals surface area contributed by atoms with Crippen molar-refractivity contribution in [3.63, 3.8) is 0 Å². The van der Waals surface area contributed by atoms with Gasteiger partial charge in [0, 0.05) is 12.1 Å². The number of methoxy groups -OCH3 is 1. The Hall–Kier alpha value is -2.81. The summed E-state index contributed by atoms with van der Waals surface area (Å²) in [6.45, 7) is -0.475. The predicted octanol–water partition coefficient (Wildman–Crippen LogP) is 0.454. The van der Waals surface area contributed by atoms with Gasteiger partial charge in [-0.1, -0.05) is 5.21 Å². The predicted molar refractivity (Wildman–Crippen MR) is 65.3 cm³/mol. The van der Waals surface area contributed by atoms with E-state index in [4.69, 9.17) is 5.11 Å². The van der Waals surface area contributed by atoms with E-state index in [9.17, 15) is 14.9 Å². The summed E-state index contributed by atoms with van der Waals surface area (Å²) in [6.07, 6.45) is 0. The van der Waals surface area contributed by atoms with Crippen LogP contribution in [0, 0.1) is 10.1 Å². The normalized spacial score (nSPS) is 10.3. The van der Waals surface area contributed by atoms with E-state index in [1.165, 1.54) is 31.4 Å². The van der Waals surface area contributed by atoms with Crippen LogP contribution >= 0.6 is 0 Å². The van der Waals surface area contributed by atoms with Crippen LogP contribution in [-0.2, 0) is 11.3 Å². The second-order valence-corrected chi connectivity index (χ2v) is 3.72. The Morgan fingerprint density at radius 1 is 1.45 bits per heavy atom. The van der Waals surface area contributed by atoms with Crippen LogP contribution in [0.4, 0.5) is 5.69 Å². The minimum Gasteiger partial charge on any atom is -0.464 e. The molecule has 0 bridgehead atoms. The van der Waals surface area contributed by atoms with Crippen molar-refractivity contribution in [2.75, 3.05) is 7.11 Å². The molecule has 2 aromatic rings. The van der Waals surface area contributed by atoms with Crippen LogP contribution in [0.2, 0.25) is 0 Å². The van der Waals surface area contributed by atoms with E-state index in [0.29, 0.717) is 5.69 Å². The van der Waals surface area contributed by atoms with E-state index < -0.39 is 17.5 Å². The number of hydrogen-bond acceptors (Lipinski definition) is 7. The number of non-ortho nitro benzene ring substituents is 1. The van der Waals surface area contributed by atoms with Crippen LogP contribution in [0.3, 0.4) is 0 Å². The van der Waals surface area contributed by atoms with Gasteiger partial charge in [-0.05, 0) is 12.1 Å². The second-order valence-electron chi connectivity index (χ2n) is 3.72. The Balaban J connectivity index is 2.49. The van der Waals surface area contributed by atoms with Gasteiger partial charge in [-0.15, -0.1) is 5.10 Å². The number of nitro groups is 1. The molecule has 0 saturated carbocycles. The number of aliphatic hydroxyl groups is 1. The molecule has 0 saturated heterocycles. The summed E-state index contributed by atoms with van der Waals surface area (Å²) in [4.78, 5) is 21.7. The average molecular weight is 278 g/mol. The van der Waals surface area contributed by atoms with Gasteiger partial charge >= 0.3 is 5.97 Å². The number of aliphatic hydroxyl groups excluding tert-OH is 1. The third kappa shape index (κ3) is 2.34. The van der Waals surface area contributed by atoms with Crippen molar-refractivity contribution in [2.24, 2.45) is 0 Å². The van der Waals surface area contributed by atoms with Crippen LogP contribution < -0.4 is 0 Å². The molecule has 1 aromatic carbocycles. The molecule has 0 radical (unpaired) electrons. The number of carbonyl (C=O) groups is 1. The molecule has 0 aliphatic rings. The zero-order valence-electron chi connectivity index (χ0n) is 10.4. The van der Waals surface area contributed by atoms with Gasteiger partial charge in [-0.2, -0.15) is 0 Å². The van der Waals surface area contributed by atoms with Crippen molar-refractivity contribution in [2.45, 2.75) is 6.61 Å². The smallest absolute Gasteiger partial charge is 0.358 e. The van der Waals surface area contributed by atoms with E-state index in [0.717, 1.165) is 4.68 Å². The monoisotopic (exact) mass is 278 g/mol. The summed E-state index contributed by atoms with van der Waals surface area (Å²) in [7, 11) is 1.19. The third-order valence-corrected chi connectivity index (χ3v) is 2.57. The summed E-state index contributed by atoms with van der Waals surface area (Å²) in [5.74, 6) is -0.711. The first-order valence-electron chi connectivity index (χ1n) is 5.47. The molecule has 9 nitrogen and oxygen atoms in total. The molecule has 20 heavy (non-hydrogen) atoms. The number of esters is 1. The van der Waals surface area contributed by atoms with Gasteiger partial charge in [0.15, 0.2) is 5.69 Å². The van der Waals surface area contributed by atoms with Crippen LogP contribution in [0.15, 0.2) is 24.3 Å². The van der Waals surface area contributed by atoms with Gasteiger partial charge in [0.25, 0.3) is 5.69 Å². The Bertz CT molecular complexity index is 649. The molecule has 1 heterocycles. The standard InChI is InChI=1S/C11H10N4O5/c1-20-11(17)10-9(6-16)12-13-14(10)7-2-4-8(5-3-7)15(18)19/h2-5,16H,6H2,1H3. The number of nitrogens with zero attached hydrogens (tertiary/aromatic N) is 4. The highest BCUT2D eigenvalue weighted by Gasteiger charge is 2.21. The quantitative estimate of drug-likeness (QED) is 0.489. The first-order valence-corrected chi connectivity index (χ1v) is 5.47. The summed E-state index contributed by atoms with van der Waals surface area (Å²) < 4.78 is 5.76. The Kier molecular flexibility index (Phi) is 3.71. The number of nitro benzene ring substituents is 1. The van der Waals surface area contributed by atoms with Gasteiger partial charge in [0.2, 0.25) is 0 Å². The van der Waals surface area contributed by atoms with Gasteiger partial charge in [-0.25, -0.2) is 9.48 Å². The highest BCUT2D eigenvalue weighted by Crippen LogP contribution is 2.18. The second kappa shape index (κ2) is 5.45. The fourth-order valence-corrected chi connectivity index (χ4v) is 1.62. The topological polar surface area (TPSA) is 120 Å². The van der Waals surface area contributed by atoms with Crippen molar-refractivity contribution in [1.82, 2.24) is 15.0 Å². The van der Waals surface area contributed by atoms with Gasteiger partial charge in [0.05, 0.1) is 24.3 Å². The minimum absolute atomic E-state index is 0.0242. The minimum atomic E-state index is -0.711. The Morgan fingerprint density at radius 2 is 2.10 bits per heavy atom. The number of carbonyl (C=O) groups excluding carboxylic acids is 1. The summed E-state index contributed by atoms with van der Waals surface area (Å²) in [5.41, 5.74) is 0.345. The number of benzene rings is 1. The summed E-state index contributed by atoms with van der Waals surface area (Å²) in [6, 6.07) is 5.38. The number of ether oxygens (including phenoxy) is 1. The Labute approximate surface area is 112 Å². The molecule has 0 atom stereocenters. The molecule has 104 valence electrons. The third-order valence-electron chi connectivity index (χ3n) is 2.57. The van der Waals surface area contributed by atoms with E-state index in [-0.39, 0.29) is 17.1 Å². The molecular weight excluding hydrogens is 268 g/mol. The van der Waals surface area contributed by atoms with Crippen LogP contribution in [0.5, 0.6) is 0 Å². The van der Waals surface area contributed by atoms with Gasteiger partial charge in [-0.3, -0.25) is 10.1 Å². The van der Waals surface area contributed by atoms with Crippen molar-refractivity contribution in [1.29, 1.82) is 0 Å². The largest absolute Gasteiger partial charge is 0.464 e. The molecule has 0 fully saturated rings. The number of aromatic nitrogens is 3. The zero-order valence-corrected chi connectivity index (χ0v) is 10.4. The average Bonchev–Trinajstić information content (AvgIpc) is 2.90. The fourth-order valence-electron chi connectivity index (χ4n) is 1.62. The zero-order chi connectivity index (χ0) is 14.7. The van der Waals surface area contributed by atoms with E-state index in [1.807, 2.05) is 0 Å². The van der Waals surface area contributed by atoms with Gasteiger partial charge in [0.1, 0.15) is 5.69 Å². The molecule has 9 heteroatoms. The van der Waals surface area contributed by atoms with Crippen molar-refractivity contribution in [3.05, 3.63) is 45.8 Å². The lowest BCUT2D eigenvalue weighted by Gasteiger charge is -2.05. The van der Waals surface area contributed by atoms with Gasteiger partial charge < -0.3 is 9.84 Å². The molecule has 0 aliphatic carbocycles. The summed E-state index contributed by atoms with van der Waals surface area (Å²) >= 11 is 0. The molecule has 0 amide bonds. The fraction of sp³-hybridized carbons (Fsp3) is 0.182. The molecule has 0 aliphatic heterocycles. The van der Waals surface area contributed by atoms with E-state index in [2.05, 4.69) is 15.0 Å². The highest BCUT2D eigenvalue weighted by molar-refractivity contribution is 5.89. The SMILES string of the molecule is COC(=O)c1c(CO)nnn1-c1ccc([N+](=O)[O-])cc1. The van der Waals surface area contributed by atoms with Crippen molar-refractivity contribution in [3.8, 4) is 5.69 Å². The molecule has 1 aromatic heterocycles. The molecular formula is C11H10N4O5.